The molecule has 0 aliphatic heterocycles. The lowest BCUT2D eigenvalue weighted by Gasteiger charge is -2.24. The number of hydrogen-bond acceptors (Lipinski definition) is 3. The second-order valence-corrected chi connectivity index (χ2v) is 5.13. The van der Waals surface area contributed by atoms with Crippen molar-refractivity contribution in [2.75, 3.05) is 6.54 Å². The SMILES string of the molecule is CCNC(c1ccc2[nH]c(=O)c(=O)[nH]c2c1)C(C)CC. The fraction of sp³-hybridized carbons (Fsp3) is 0.467. The molecule has 0 saturated carbocycles. The molecule has 5 nitrogen and oxygen atoms in total. The highest BCUT2D eigenvalue weighted by Crippen LogP contribution is 2.25. The molecule has 0 aliphatic rings. The van der Waals surface area contributed by atoms with Crippen molar-refractivity contribution in [2.45, 2.75) is 33.2 Å². The van der Waals surface area contributed by atoms with Gasteiger partial charge in [-0.3, -0.25) is 9.59 Å². The van der Waals surface area contributed by atoms with Gasteiger partial charge in [0, 0.05) is 6.04 Å². The third-order valence-electron chi connectivity index (χ3n) is 3.74. The normalized spacial score (nSPS) is 14.3. The van der Waals surface area contributed by atoms with E-state index in [1.54, 1.807) is 0 Å². The van der Waals surface area contributed by atoms with E-state index in [9.17, 15) is 9.59 Å². The maximum Gasteiger partial charge on any atom is 0.314 e. The second-order valence-electron chi connectivity index (χ2n) is 5.13. The summed E-state index contributed by atoms with van der Waals surface area (Å²) >= 11 is 0. The summed E-state index contributed by atoms with van der Waals surface area (Å²) in [6.45, 7) is 7.33. The lowest BCUT2D eigenvalue weighted by atomic mass is 9.92. The summed E-state index contributed by atoms with van der Waals surface area (Å²) in [5.41, 5.74) is 1.21. The number of hydrogen-bond donors (Lipinski definition) is 3. The molecule has 0 fully saturated rings. The van der Waals surface area contributed by atoms with Crippen molar-refractivity contribution in [1.82, 2.24) is 15.3 Å². The van der Waals surface area contributed by atoms with Crippen molar-refractivity contribution in [3.05, 3.63) is 44.5 Å². The fourth-order valence-corrected chi connectivity index (χ4v) is 2.43. The molecule has 5 heteroatoms. The van der Waals surface area contributed by atoms with Crippen LogP contribution in [-0.2, 0) is 0 Å². The second kappa shape index (κ2) is 6.05. The minimum Gasteiger partial charge on any atom is -0.316 e. The molecule has 2 atom stereocenters. The average Bonchev–Trinajstić information content (AvgIpc) is 2.45. The molecule has 1 aromatic carbocycles. The van der Waals surface area contributed by atoms with Crippen LogP contribution in [0.1, 0.15) is 38.8 Å². The van der Waals surface area contributed by atoms with Crippen LogP contribution in [0, 0.1) is 5.92 Å². The zero-order valence-electron chi connectivity index (χ0n) is 12.1. The van der Waals surface area contributed by atoms with Crippen LogP contribution in [0.5, 0.6) is 0 Å². The predicted octanol–water partition coefficient (Wildman–Crippen LogP) is 1.91. The van der Waals surface area contributed by atoms with E-state index in [0.717, 1.165) is 18.5 Å². The number of aromatic nitrogens is 2. The molecule has 1 aromatic heterocycles. The molecular weight excluding hydrogens is 254 g/mol. The van der Waals surface area contributed by atoms with Crippen molar-refractivity contribution < 1.29 is 0 Å². The van der Waals surface area contributed by atoms with Gasteiger partial charge in [-0.1, -0.05) is 33.3 Å². The van der Waals surface area contributed by atoms with Gasteiger partial charge in [0.05, 0.1) is 11.0 Å². The van der Waals surface area contributed by atoms with Crippen LogP contribution >= 0.6 is 0 Å². The molecule has 0 amide bonds. The van der Waals surface area contributed by atoms with Crippen molar-refractivity contribution in [3.63, 3.8) is 0 Å². The van der Waals surface area contributed by atoms with Gasteiger partial charge in [0.2, 0.25) is 0 Å². The number of benzene rings is 1. The molecule has 0 radical (unpaired) electrons. The summed E-state index contributed by atoms with van der Waals surface area (Å²) in [5.74, 6) is 0.488. The minimum atomic E-state index is -0.615. The summed E-state index contributed by atoms with van der Waals surface area (Å²) in [5, 5.41) is 3.48. The Morgan fingerprint density at radius 3 is 2.35 bits per heavy atom. The standard InChI is InChI=1S/C15H21N3O2/c1-4-9(3)13(16-5-2)10-6-7-11-12(8-10)18-15(20)14(19)17-11/h6-9,13,16H,4-5H2,1-3H3,(H,17,19)(H,18,20). The van der Waals surface area contributed by atoms with Gasteiger partial charge in [0.25, 0.3) is 0 Å². The van der Waals surface area contributed by atoms with Crippen molar-refractivity contribution in [3.8, 4) is 0 Å². The van der Waals surface area contributed by atoms with E-state index in [1.807, 2.05) is 18.2 Å². The van der Waals surface area contributed by atoms with Crippen LogP contribution in [0.4, 0.5) is 0 Å². The molecule has 2 unspecified atom stereocenters. The number of aromatic amines is 2. The monoisotopic (exact) mass is 275 g/mol. The molecule has 0 aliphatic carbocycles. The Labute approximate surface area is 117 Å². The van der Waals surface area contributed by atoms with Crippen LogP contribution < -0.4 is 16.4 Å². The third kappa shape index (κ3) is 2.82. The topological polar surface area (TPSA) is 77.8 Å². The van der Waals surface area contributed by atoms with Crippen LogP contribution in [0.3, 0.4) is 0 Å². The highest BCUT2D eigenvalue weighted by Gasteiger charge is 2.17. The number of H-pyrrole nitrogens is 2. The van der Waals surface area contributed by atoms with Gasteiger partial charge in [0.15, 0.2) is 0 Å². The van der Waals surface area contributed by atoms with Crippen LogP contribution in [-0.4, -0.2) is 16.5 Å². The Kier molecular flexibility index (Phi) is 4.39. The molecule has 0 spiro atoms. The third-order valence-corrected chi connectivity index (χ3v) is 3.74. The lowest BCUT2D eigenvalue weighted by Crippen LogP contribution is -2.29. The summed E-state index contributed by atoms with van der Waals surface area (Å²) in [4.78, 5) is 27.9. The largest absolute Gasteiger partial charge is 0.316 e. The van der Waals surface area contributed by atoms with Gasteiger partial charge >= 0.3 is 11.1 Å². The van der Waals surface area contributed by atoms with Crippen molar-refractivity contribution in [1.29, 1.82) is 0 Å². The minimum absolute atomic E-state index is 0.241. The predicted molar refractivity (Wildman–Crippen MR) is 81.1 cm³/mol. The van der Waals surface area contributed by atoms with E-state index >= 15 is 0 Å². The van der Waals surface area contributed by atoms with E-state index in [1.165, 1.54) is 0 Å². The van der Waals surface area contributed by atoms with Gasteiger partial charge in [-0.25, -0.2) is 0 Å². The number of fused-ring (bicyclic) bond motifs is 1. The average molecular weight is 275 g/mol. The molecule has 2 aromatic rings. The number of nitrogens with one attached hydrogen (secondary N) is 3. The first-order valence-electron chi connectivity index (χ1n) is 7.06. The Hall–Kier alpha value is -1.88. The zero-order chi connectivity index (χ0) is 14.7. The summed E-state index contributed by atoms with van der Waals surface area (Å²) in [6.07, 6.45) is 1.07. The van der Waals surface area contributed by atoms with E-state index in [4.69, 9.17) is 0 Å². The van der Waals surface area contributed by atoms with Gasteiger partial charge in [-0.05, 0) is 30.2 Å². The van der Waals surface area contributed by atoms with Crippen LogP contribution in [0.25, 0.3) is 11.0 Å². The van der Waals surface area contributed by atoms with Gasteiger partial charge in [0.1, 0.15) is 0 Å². The molecule has 20 heavy (non-hydrogen) atoms. The smallest absolute Gasteiger partial charge is 0.314 e. The van der Waals surface area contributed by atoms with Crippen LogP contribution in [0.2, 0.25) is 0 Å². The highest BCUT2D eigenvalue weighted by atomic mass is 16.2. The van der Waals surface area contributed by atoms with Gasteiger partial charge in [-0.2, -0.15) is 0 Å². The van der Waals surface area contributed by atoms with E-state index in [-0.39, 0.29) is 6.04 Å². The molecule has 108 valence electrons. The van der Waals surface area contributed by atoms with Crippen LogP contribution in [0.15, 0.2) is 27.8 Å². The summed E-state index contributed by atoms with van der Waals surface area (Å²) < 4.78 is 0. The van der Waals surface area contributed by atoms with E-state index in [0.29, 0.717) is 17.0 Å². The first kappa shape index (κ1) is 14.5. The maximum absolute atomic E-state index is 11.4. The molecule has 1 heterocycles. The Balaban J connectivity index is 2.51. The van der Waals surface area contributed by atoms with Gasteiger partial charge < -0.3 is 15.3 Å². The fourth-order valence-electron chi connectivity index (χ4n) is 2.43. The zero-order valence-corrected chi connectivity index (χ0v) is 12.1. The lowest BCUT2D eigenvalue weighted by molar-refractivity contribution is 0.384. The van der Waals surface area contributed by atoms with E-state index < -0.39 is 11.1 Å². The Morgan fingerprint density at radius 2 is 1.75 bits per heavy atom. The van der Waals surface area contributed by atoms with Crippen molar-refractivity contribution >= 4 is 11.0 Å². The van der Waals surface area contributed by atoms with E-state index in [2.05, 4.69) is 36.1 Å². The molecule has 0 bridgehead atoms. The Bertz CT molecular complexity index is 702. The molecular formula is C15H21N3O2. The maximum atomic E-state index is 11.4. The first-order chi connectivity index (χ1) is 9.56. The highest BCUT2D eigenvalue weighted by molar-refractivity contribution is 5.74. The van der Waals surface area contributed by atoms with Crippen molar-refractivity contribution in [2.24, 2.45) is 5.92 Å². The molecule has 3 N–H and O–H groups in total. The Morgan fingerprint density at radius 1 is 1.10 bits per heavy atom. The first-order valence-corrected chi connectivity index (χ1v) is 7.06. The quantitative estimate of drug-likeness (QED) is 0.729. The molecule has 2 rings (SSSR count). The molecule has 0 saturated heterocycles. The summed E-state index contributed by atoms with van der Waals surface area (Å²) in [7, 11) is 0. The number of rotatable bonds is 5. The van der Waals surface area contributed by atoms with Gasteiger partial charge in [-0.15, -0.1) is 0 Å². The summed E-state index contributed by atoms with van der Waals surface area (Å²) in [6, 6.07) is 6.02.